The van der Waals surface area contributed by atoms with E-state index in [0.717, 1.165) is 31.7 Å². The number of hydrogen-bond acceptors (Lipinski definition) is 17. The minimum Gasteiger partial charge on any atom is -0.486 e. The maximum absolute atomic E-state index is 13.7. The number of aromatic nitrogens is 8. The first kappa shape index (κ1) is 52.5. The Morgan fingerprint density at radius 3 is 1.55 bits per heavy atom. The number of amides is 1. The van der Waals surface area contributed by atoms with E-state index in [0.29, 0.717) is 114 Å². The normalized spacial score (nSPS) is 18.8. The van der Waals surface area contributed by atoms with Crippen LogP contribution in [0.4, 0.5) is 0 Å². The maximum Gasteiger partial charge on any atom is 0.302 e. The van der Waals surface area contributed by atoms with Crippen LogP contribution in [0, 0.1) is 13.8 Å². The minimum absolute atomic E-state index is 0.132. The van der Waals surface area contributed by atoms with Crippen LogP contribution in [0.2, 0.25) is 0 Å². The molecule has 0 unspecified atom stereocenters. The number of hydrogen-bond donors (Lipinski definition) is 2. The van der Waals surface area contributed by atoms with E-state index in [-0.39, 0.29) is 33.9 Å². The molecule has 10 heterocycles. The molecule has 82 heavy (non-hydrogen) atoms. The van der Waals surface area contributed by atoms with Gasteiger partial charge in [-0.1, -0.05) is 35.4 Å². The lowest BCUT2D eigenvalue weighted by Crippen LogP contribution is -2.31. The summed E-state index contributed by atoms with van der Waals surface area (Å²) in [7, 11) is -7.84. The van der Waals surface area contributed by atoms with Crippen LogP contribution in [-0.4, -0.2) is 127 Å². The largest absolute Gasteiger partial charge is 0.486 e. The fourth-order valence-corrected chi connectivity index (χ4v) is 13.8. The molecule has 0 spiro atoms. The second-order valence-corrected chi connectivity index (χ2v) is 24.2. The van der Waals surface area contributed by atoms with E-state index in [1.807, 2.05) is 59.0 Å². The number of imidazole rings is 2. The quantitative estimate of drug-likeness (QED) is 0.139. The molecular formula is C58H54N10O12S2. The van der Waals surface area contributed by atoms with E-state index in [2.05, 4.69) is 15.3 Å². The van der Waals surface area contributed by atoms with Gasteiger partial charge in [-0.3, -0.25) is 18.4 Å². The molecule has 4 aliphatic rings. The highest BCUT2D eigenvalue weighted by Crippen LogP contribution is 2.42. The summed E-state index contributed by atoms with van der Waals surface area (Å²) in [5.74, 6) is 3.08. The van der Waals surface area contributed by atoms with Crippen molar-refractivity contribution in [2.45, 2.75) is 74.6 Å². The number of fused-ring (bicyclic) bond motifs is 8. The van der Waals surface area contributed by atoms with Gasteiger partial charge in [0, 0.05) is 50.3 Å². The van der Waals surface area contributed by atoms with Crippen LogP contribution >= 0.6 is 0 Å². The van der Waals surface area contributed by atoms with Crippen LogP contribution in [0.15, 0.2) is 132 Å². The van der Waals surface area contributed by atoms with Crippen LogP contribution in [0.1, 0.15) is 61.5 Å². The lowest BCUT2D eigenvalue weighted by molar-refractivity contribution is -0.146. The zero-order valence-corrected chi connectivity index (χ0v) is 46.4. The third-order valence-corrected chi connectivity index (χ3v) is 18.5. The second kappa shape index (κ2) is 20.3. The molecule has 22 nitrogen and oxygen atoms in total. The van der Waals surface area contributed by atoms with Crippen LogP contribution < -0.4 is 24.3 Å². The van der Waals surface area contributed by atoms with Crippen molar-refractivity contribution in [1.82, 2.24) is 46.9 Å². The molecule has 4 aromatic carbocycles. The summed E-state index contributed by atoms with van der Waals surface area (Å²) >= 11 is 0. The third kappa shape index (κ3) is 9.10. The van der Waals surface area contributed by atoms with E-state index < -0.39 is 44.3 Å². The predicted molar refractivity (Wildman–Crippen MR) is 299 cm³/mol. The van der Waals surface area contributed by atoms with E-state index in [1.54, 1.807) is 78.0 Å². The smallest absolute Gasteiger partial charge is 0.302 e. The lowest BCUT2D eigenvalue weighted by atomic mass is 10.1. The highest BCUT2D eigenvalue weighted by atomic mass is 32.2. The molecule has 0 bridgehead atoms. The van der Waals surface area contributed by atoms with Gasteiger partial charge in [-0.25, -0.2) is 44.7 Å². The predicted octanol–water partition coefficient (Wildman–Crippen LogP) is 6.96. The molecule has 0 radical (unpaired) electrons. The van der Waals surface area contributed by atoms with E-state index >= 15 is 0 Å². The molecule has 6 aromatic heterocycles. The number of ether oxygens (including phenoxy) is 5. The van der Waals surface area contributed by atoms with Crippen LogP contribution in [0.5, 0.6) is 23.0 Å². The number of aryl methyl sites for hydroxylation is 2. The van der Waals surface area contributed by atoms with Gasteiger partial charge < -0.3 is 39.0 Å². The molecule has 2 N–H and O–H groups in total. The van der Waals surface area contributed by atoms with Gasteiger partial charge in [-0.05, 0) is 93.1 Å². The number of carbonyl (C=O) groups excluding carboxylic acids is 2. The molecule has 14 rings (SSSR count). The fourth-order valence-electron chi connectivity index (χ4n) is 11.2. The first-order valence-corrected chi connectivity index (χ1v) is 29.5. The van der Waals surface area contributed by atoms with Crippen molar-refractivity contribution in [3.8, 4) is 45.5 Å². The number of β-amino-alcohol motifs (C(OH)–C–C–N with tert-alkyl or cyclic N) is 1. The third-order valence-electron chi connectivity index (χ3n) is 15.1. The van der Waals surface area contributed by atoms with Gasteiger partial charge in [0.1, 0.15) is 44.2 Å². The summed E-state index contributed by atoms with van der Waals surface area (Å²) in [6.07, 6.45) is 6.04. The first-order valence-electron chi connectivity index (χ1n) is 26.6. The summed E-state index contributed by atoms with van der Waals surface area (Å²) in [5.41, 5.74) is 7.64. The Bertz CT molecular complexity index is 4440. The molecule has 1 amide bonds. The molecule has 0 aliphatic carbocycles. The molecule has 24 heteroatoms. The molecule has 420 valence electrons. The maximum atomic E-state index is 13.7. The van der Waals surface area contributed by atoms with Gasteiger partial charge >= 0.3 is 5.97 Å². The standard InChI is InChI=1S/C31H29N5O7S.C27H25N5O5S/c1-18-4-7-23(8-5-18)44(39,40)35-11-10-24-30(35)32-16-26-29(21-6-9-27-28(14-21)42-13-12-41-27)33-31(36(24)26)25-15-22(43-20(3)38)17-34(25)19(2)37;1-16-2-5-19(6-3-16)38(34,35)31-9-8-21-27(31)29-15-22-25(17-4-7-23-24(12-17)37-11-10-36-23)30-26(32(21)22)20-13-18(33)14-28-20/h4-11,14,16,22,25H,12-13,15,17H2,1-3H3;2-9,12,15,18,20,28,33H,10-11,13-14H2,1H3/t22-,25-;18-,20-/m11/s1. The van der Waals surface area contributed by atoms with Gasteiger partial charge in [0.25, 0.3) is 20.0 Å². The molecule has 2 saturated heterocycles. The minimum atomic E-state index is -3.97. The van der Waals surface area contributed by atoms with Crippen molar-refractivity contribution in [1.29, 1.82) is 0 Å². The average molecular weight is 1150 g/mol. The number of nitrogens with zero attached hydrogens (tertiary/aromatic N) is 9. The highest BCUT2D eigenvalue weighted by Gasteiger charge is 2.40. The summed E-state index contributed by atoms with van der Waals surface area (Å²) < 4.78 is 89.1. The Labute approximate surface area is 469 Å². The number of nitrogens with one attached hydrogen (secondary N) is 1. The summed E-state index contributed by atoms with van der Waals surface area (Å²) in [6.45, 7) is 9.12. The Balaban J connectivity index is 0.000000155. The Morgan fingerprint density at radius 1 is 0.610 bits per heavy atom. The summed E-state index contributed by atoms with van der Waals surface area (Å²) in [5, 5.41) is 13.6. The number of likely N-dealkylation sites (tertiary alicyclic amines) is 1. The van der Waals surface area contributed by atoms with E-state index in [1.165, 1.54) is 30.2 Å². The van der Waals surface area contributed by atoms with Gasteiger partial charge in [0.2, 0.25) is 5.91 Å². The van der Waals surface area contributed by atoms with Crippen molar-refractivity contribution < 1.29 is 55.2 Å². The van der Waals surface area contributed by atoms with Crippen molar-refractivity contribution in [2.75, 3.05) is 39.5 Å². The molecule has 4 atom stereocenters. The average Bonchev–Trinajstić information content (AvgIpc) is 2.91. The number of aliphatic hydroxyl groups excluding tert-OH is 1. The van der Waals surface area contributed by atoms with Crippen LogP contribution in [0.25, 0.3) is 55.9 Å². The first-order chi connectivity index (χ1) is 39.5. The number of esters is 1. The molecule has 4 aliphatic heterocycles. The SMILES string of the molecule is CC(=O)O[C@@H]1C[C@H](c2nc(-c3ccc4c(c3)OCCO4)c3cnc4c(ccn4S(=O)(=O)c4ccc(C)cc4)n23)N(C(C)=O)C1.Cc1ccc(S(=O)(=O)n2ccc3c2ncc2c(-c4ccc5c(c4)OCCO5)nc([C@H]4C[C@@H](O)CN4)n23)cc1. The van der Waals surface area contributed by atoms with Gasteiger partial charge in [0.15, 0.2) is 34.3 Å². The molecular weight excluding hydrogens is 1090 g/mol. The fraction of sp³-hybridized carbons (Fsp3) is 0.276. The van der Waals surface area contributed by atoms with Crippen molar-refractivity contribution >= 4 is 65.3 Å². The zero-order valence-electron chi connectivity index (χ0n) is 44.8. The number of benzene rings is 4. The number of carbonyl (C=O) groups is 2. The summed E-state index contributed by atoms with van der Waals surface area (Å²) in [6, 6.07) is 27.2. The van der Waals surface area contributed by atoms with Gasteiger partial charge in [0.05, 0.1) is 80.4 Å². The van der Waals surface area contributed by atoms with Crippen LogP contribution in [-0.2, 0) is 34.4 Å². The Kier molecular flexibility index (Phi) is 13.0. The van der Waals surface area contributed by atoms with Crippen molar-refractivity contribution in [3.05, 3.63) is 145 Å². The Morgan fingerprint density at radius 2 is 1.09 bits per heavy atom. The molecule has 10 aromatic rings. The second-order valence-electron chi connectivity index (χ2n) is 20.6. The van der Waals surface area contributed by atoms with E-state index in [9.17, 15) is 31.5 Å². The monoisotopic (exact) mass is 1150 g/mol. The van der Waals surface area contributed by atoms with Gasteiger partial charge in [-0.15, -0.1) is 0 Å². The van der Waals surface area contributed by atoms with Crippen molar-refractivity contribution in [3.63, 3.8) is 0 Å². The lowest BCUT2D eigenvalue weighted by Gasteiger charge is -2.22. The Hall–Kier alpha value is -8.84. The topological polar surface area (TPSA) is 254 Å². The van der Waals surface area contributed by atoms with Crippen LogP contribution in [0.3, 0.4) is 0 Å². The van der Waals surface area contributed by atoms with Gasteiger partial charge in [-0.2, -0.15) is 0 Å². The number of aliphatic hydroxyl groups is 1. The highest BCUT2D eigenvalue weighted by molar-refractivity contribution is 7.90. The molecule has 0 saturated carbocycles. The zero-order chi connectivity index (χ0) is 56.8. The van der Waals surface area contributed by atoms with Crippen molar-refractivity contribution in [2.24, 2.45) is 0 Å². The van der Waals surface area contributed by atoms with E-state index in [4.69, 9.17) is 33.7 Å². The number of rotatable bonds is 9. The molecule has 2 fully saturated rings. The summed E-state index contributed by atoms with van der Waals surface area (Å²) in [4.78, 5) is 45.9.